The zero-order chi connectivity index (χ0) is 23.5. The number of pyridine rings is 1. The molecule has 0 fully saturated rings. The Labute approximate surface area is 205 Å². The van der Waals surface area contributed by atoms with Crippen LogP contribution >= 0.6 is 15.9 Å². The maximum absolute atomic E-state index is 13.1. The molecular weight excluding hydrogens is 500 g/mol. The van der Waals surface area contributed by atoms with Gasteiger partial charge in [0.15, 0.2) is 0 Å². The number of amides is 2. The molecule has 0 saturated heterocycles. The highest BCUT2D eigenvalue weighted by molar-refractivity contribution is 9.11. The van der Waals surface area contributed by atoms with E-state index in [2.05, 4.69) is 31.7 Å². The van der Waals surface area contributed by atoms with Crippen molar-refractivity contribution in [3.8, 4) is 0 Å². The molecule has 3 heterocycles. The van der Waals surface area contributed by atoms with Crippen molar-refractivity contribution in [1.82, 2.24) is 20.7 Å². The van der Waals surface area contributed by atoms with Crippen molar-refractivity contribution in [2.24, 2.45) is 0 Å². The van der Waals surface area contributed by atoms with Gasteiger partial charge in [-0.15, -0.1) is 0 Å². The smallest absolute Gasteiger partial charge is 0.411 e. The number of benzene rings is 2. The number of rotatable bonds is 5. The van der Waals surface area contributed by atoms with Crippen molar-refractivity contribution in [1.29, 1.82) is 0 Å². The minimum absolute atomic E-state index is 0.0730. The van der Waals surface area contributed by atoms with Gasteiger partial charge >= 0.3 is 6.09 Å². The van der Waals surface area contributed by atoms with E-state index in [0.29, 0.717) is 17.6 Å². The fourth-order valence-electron chi connectivity index (χ4n) is 4.16. The van der Waals surface area contributed by atoms with E-state index in [4.69, 9.17) is 9.57 Å². The average molecular weight is 523 g/mol. The van der Waals surface area contributed by atoms with Crippen LogP contribution in [-0.4, -0.2) is 40.6 Å². The van der Waals surface area contributed by atoms with Gasteiger partial charge in [-0.1, -0.05) is 42.5 Å². The Kier molecular flexibility index (Phi) is 6.46. The summed E-state index contributed by atoms with van der Waals surface area (Å²) in [6, 6.07) is 16.9. The molecule has 9 heteroatoms. The number of aromatic nitrogens is 1. The van der Waals surface area contributed by atoms with Crippen LogP contribution in [-0.2, 0) is 33.9 Å². The molecule has 0 spiro atoms. The highest BCUT2D eigenvalue weighted by Crippen LogP contribution is 2.25. The number of fused-ring (bicyclic) bond motifs is 2. The number of carbonyl (C=O) groups excluding carboxylic acids is 2. The average Bonchev–Trinajstić information content (AvgIpc) is 3.29. The molecule has 2 aliphatic rings. The maximum Gasteiger partial charge on any atom is 0.411 e. The van der Waals surface area contributed by atoms with Gasteiger partial charge in [-0.05, 0) is 45.3 Å². The molecule has 1 aromatic heterocycles. The van der Waals surface area contributed by atoms with E-state index < -0.39 is 12.1 Å². The Morgan fingerprint density at radius 2 is 1.97 bits per heavy atom. The van der Waals surface area contributed by atoms with Gasteiger partial charge in [-0.3, -0.25) is 25.0 Å². The van der Waals surface area contributed by atoms with Gasteiger partial charge in [0.1, 0.15) is 23.4 Å². The Hall–Kier alpha value is -3.43. The predicted octanol–water partition coefficient (Wildman–Crippen LogP) is 3.55. The van der Waals surface area contributed by atoms with Crippen LogP contribution in [0.4, 0.5) is 4.79 Å². The predicted molar refractivity (Wildman–Crippen MR) is 129 cm³/mol. The van der Waals surface area contributed by atoms with E-state index >= 15 is 0 Å². The highest BCUT2D eigenvalue weighted by Gasteiger charge is 2.36. The Bertz CT molecular complexity index is 1260. The van der Waals surface area contributed by atoms with Gasteiger partial charge in [-0.25, -0.2) is 4.79 Å². The van der Waals surface area contributed by atoms with Crippen LogP contribution in [0.3, 0.4) is 0 Å². The molecule has 0 unspecified atom stereocenters. The third-order valence-corrected chi connectivity index (χ3v) is 6.34. The molecule has 0 aliphatic carbocycles. The zero-order valence-corrected chi connectivity index (χ0v) is 19.8. The summed E-state index contributed by atoms with van der Waals surface area (Å²) in [7, 11) is 0. The van der Waals surface area contributed by atoms with Gasteiger partial charge < -0.3 is 10.1 Å². The van der Waals surface area contributed by atoms with Crippen LogP contribution in [0.2, 0.25) is 0 Å². The summed E-state index contributed by atoms with van der Waals surface area (Å²) in [6.45, 7) is 0.657. The zero-order valence-electron chi connectivity index (χ0n) is 18.2. The monoisotopic (exact) mass is 522 g/mol. The molecule has 34 heavy (non-hydrogen) atoms. The first kappa shape index (κ1) is 22.4. The number of ether oxygens (including phenoxy) is 1. The summed E-state index contributed by atoms with van der Waals surface area (Å²) in [5.74, 6) is -0.251. The first-order valence-corrected chi connectivity index (χ1v) is 11.8. The van der Waals surface area contributed by atoms with Crippen molar-refractivity contribution >= 4 is 38.8 Å². The SMILES string of the molecule is O=C(NC[C@@H]1C=C(Br)NO1)[C@@H]1Cc2ccccc2CN1C(=O)OCc1cnc2ccccc2c1. The summed E-state index contributed by atoms with van der Waals surface area (Å²) < 4.78 is 6.34. The number of nitrogens with one attached hydrogen (secondary N) is 2. The van der Waals surface area contributed by atoms with E-state index in [1.165, 1.54) is 4.90 Å². The minimum atomic E-state index is -0.682. The molecule has 2 aliphatic heterocycles. The lowest BCUT2D eigenvalue weighted by Crippen LogP contribution is -2.53. The second kappa shape index (κ2) is 9.82. The third kappa shape index (κ3) is 4.90. The number of hydrogen-bond acceptors (Lipinski definition) is 6. The number of hydrogen-bond donors (Lipinski definition) is 2. The van der Waals surface area contributed by atoms with E-state index in [0.717, 1.165) is 27.6 Å². The third-order valence-electron chi connectivity index (χ3n) is 5.91. The fourth-order valence-corrected chi connectivity index (χ4v) is 4.54. The first-order chi connectivity index (χ1) is 16.6. The standard InChI is InChI=1S/C25H23BrN4O4/c26-23-11-20(34-29-23)13-28-24(31)22-10-17-5-1-2-7-19(17)14-30(22)25(32)33-15-16-9-18-6-3-4-8-21(18)27-12-16/h1-9,11-12,20,22,29H,10,13-15H2,(H,28,31)/t20-,22-/m0/s1. The van der Waals surface area contributed by atoms with Crippen LogP contribution in [0.5, 0.6) is 0 Å². The first-order valence-electron chi connectivity index (χ1n) is 11.0. The Balaban J connectivity index is 1.29. The lowest BCUT2D eigenvalue weighted by Gasteiger charge is -2.35. The molecule has 2 amide bonds. The van der Waals surface area contributed by atoms with E-state index in [9.17, 15) is 9.59 Å². The molecule has 5 rings (SSSR count). The van der Waals surface area contributed by atoms with Crippen LogP contribution in [0.15, 0.2) is 71.5 Å². The molecule has 0 saturated carbocycles. The van der Waals surface area contributed by atoms with Gasteiger partial charge in [0, 0.05) is 23.6 Å². The molecular formula is C25H23BrN4O4. The van der Waals surface area contributed by atoms with Gasteiger partial charge in [0.25, 0.3) is 0 Å². The summed E-state index contributed by atoms with van der Waals surface area (Å²) in [6.07, 6.45) is 3.10. The van der Waals surface area contributed by atoms with Crippen molar-refractivity contribution in [3.63, 3.8) is 0 Å². The topological polar surface area (TPSA) is 92.8 Å². The highest BCUT2D eigenvalue weighted by atomic mass is 79.9. The number of carbonyl (C=O) groups is 2. The number of halogens is 1. The molecule has 0 radical (unpaired) electrons. The normalized spacial score (nSPS) is 19.2. The molecule has 2 aromatic carbocycles. The van der Waals surface area contributed by atoms with E-state index in [1.54, 1.807) is 6.20 Å². The molecule has 0 bridgehead atoms. The molecule has 2 atom stereocenters. The number of nitrogens with zero attached hydrogens (tertiary/aromatic N) is 2. The van der Waals surface area contributed by atoms with Crippen molar-refractivity contribution in [3.05, 3.63) is 88.2 Å². The van der Waals surface area contributed by atoms with Crippen LogP contribution in [0.1, 0.15) is 16.7 Å². The van der Waals surface area contributed by atoms with Crippen molar-refractivity contribution < 1.29 is 19.2 Å². The quantitative estimate of drug-likeness (QED) is 0.497. The maximum atomic E-state index is 13.1. The van der Waals surface area contributed by atoms with Crippen LogP contribution in [0, 0.1) is 0 Å². The number of hydroxylamine groups is 1. The lowest BCUT2D eigenvalue weighted by atomic mass is 9.94. The number of para-hydroxylation sites is 1. The second-order valence-electron chi connectivity index (χ2n) is 8.23. The van der Waals surface area contributed by atoms with Crippen LogP contribution in [0.25, 0.3) is 10.9 Å². The summed E-state index contributed by atoms with van der Waals surface area (Å²) in [4.78, 5) is 37.5. The molecule has 8 nitrogen and oxygen atoms in total. The largest absolute Gasteiger partial charge is 0.444 e. The lowest BCUT2D eigenvalue weighted by molar-refractivity contribution is -0.127. The van der Waals surface area contributed by atoms with Gasteiger partial charge in [0.2, 0.25) is 5.91 Å². The molecule has 3 aromatic rings. The van der Waals surface area contributed by atoms with Gasteiger partial charge in [0.05, 0.1) is 18.6 Å². The summed E-state index contributed by atoms with van der Waals surface area (Å²) in [5, 5.41) is 3.87. The molecule has 174 valence electrons. The minimum Gasteiger partial charge on any atom is -0.444 e. The fraction of sp³-hybridized carbons (Fsp3) is 0.240. The van der Waals surface area contributed by atoms with Crippen molar-refractivity contribution in [2.45, 2.75) is 31.7 Å². The molecule has 2 N–H and O–H groups in total. The Morgan fingerprint density at radius 3 is 2.79 bits per heavy atom. The Morgan fingerprint density at radius 1 is 1.18 bits per heavy atom. The van der Waals surface area contributed by atoms with E-state index in [1.807, 2.05) is 60.7 Å². The second-order valence-corrected chi connectivity index (χ2v) is 9.08. The van der Waals surface area contributed by atoms with E-state index in [-0.39, 0.29) is 25.2 Å². The summed E-state index contributed by atoms with van der Waals surface area (Å²) in [5.41, 5.74) is 6.41. The van der Waals surface area contributed by atoms with Crippen LogP contribution < -0.4 is 10.8 Å². The van der Waals surface area contributed by atoms with Crippen molar-refractivity contribution in [2.75, 3.05) is 6.54 Å². The van der Waals surface area contributed by atoms with Gasteiger partial charge in [-0.2, -0.15) is 0 Å². The summed E-state index contributed by atoms with van der Waals surface area (Å²) >= 11 is 3.30.